The van der Waals surface area contributed by atoms with E-state index >= 15 is 0 Å². The predicted octanol–water partition coefficient (Wildman–Crippen LogP) is 6.30. The summed E-state index contributed by atoms with van der Waals surface area (Å²) < 4.78 is 2.12. The SMILES string of the molecule is CCCN1CCc2c(c(CN(C(=O)c3ccc(C(C)(C)C)cc3)C(C)C)nn2-c2ccc(C)cc2)C1. The molecule has 192 valence electrons. The van der Waals surface area contributed by atoms with Crippen LogP contribution in [0.2, 0.25) is 0 Å². The first kappa shape index (κ1) is 26.2. The monoisotopic (exact) mass is 486 g/mol. The molecule has 0 N–H and O–H groups in total. The molecule has 0 aliphatic carbocycles. The Morgan fingerprint density at radius 3 is 2.31 bits per heavy atom. The van der Waals surface area contributed by atoms with Crippen molar-refractivity contribution in [3.8, 4) is 5.69 Å². The van der Waals surface area contributed by atoms with E-state index in [4.69, 9.17) is 5.10 Å². The average Bonchev–Trinajstić information content (AvgIpc) is 3.20. The topological polar surface area (TPSA) is 41.4 Å². The van der Waals surface area contributed by atoms with Crippen LogP contribution in [0.5, 0.6) is 0 Å². The second kappa shape index (κ2) is 10.6. The molecule has 0 bridgehead atoms. The maximum absolute atomic E-state index is 13.7. The number of hydrogen-bond donors (Lipinski definition) is 0. The molecule has 0 saturated carbocycles. The number of amides is 1. The first-order valence-electron chi connectivity index (χ1n) is 13.4. The molecule has 2 aromatic carbocycles. The standard InChI is InChI=1S/C31H42N4O/c1-8-18-33-19-17-29-27(20-33)28(32-35(29)26-15-9-23(4)10-16-26)21-34(22(2)3)30(36)24-11-13-25(14-12-24)31(5,6)7/h9-16,22H,8,17-21H2,1-7H3. The molecule has 1 aromatic heterocycles. The number of carbonyl (C=O) groups is 1. The Kier molecular flexibility index (Phi) is 7.70. The normalized spacial score (nSPS) is 14.2. The van der Waals surface area contributed by atoms with Gasteiger partial charge in [0.05, 0.1) is 23.6 Å². The smallest absolute Gasteiger partial charge is 0.254 e. The van der Waals surface area contributed by atoms with Gasteiger partial charge in [-0.3, -0.25) is 9.69 Å². The molecule has 1 aliphatic rings. The maximum atomic E-state index is 13.7. The van der Waals surface area contributed by atoms with E-state index in [2.05, 4.69) is 94.4 Å². The van der Waals surface area contributed by atoms with Crippen LogP contribution in [0.4, 0.5) is 0 Å². The van der Waals surface area contributed by atoms with Crippen molar-refractivity contribution in [1.29, 1.82) is 0 Å². The molecule has 3 aromatic rings. The highest BCUT2D eigenvalue weighted by molar-refractivity contribution is 5.94. The third kappa shape index (κ3) is 5.57. The van der Waals surface area contributed by atoms with E-state index in [0.29, 0.717) is 6.54 Å². The molecule has 0 unspecified atom stereocenters. The molecule has 0 fully saturated rings. The molecule has 5 nitrogen and oxygen atoms in total. The molecule has 1 amide bonds. The lowest BCUT2D eigenvalue weighted by molar-refractivity contribution is 0.0686. The summed E-state index contributed by atoms with van der Waals surface area (Å²) in [5.41, 5.74) is 7.94. The number of nitrogens with zero attached hydrogens (tertiary/aromatic N) is 4. The summed E-state index contributed by atoms with van der Waals surface area (Å²) in [4.78, 5) is 18.2. The first-order chi connectivity index (χ1) is 17.1. The van der Waals surface area contributed by atoms with E-state index in [0.717, 1.165) is 49.4 Å². The van der Waals surface area contributed by atoms with Crippen molar-refractivity contribution >= 4 is 5.91 Å². The Morgan fingerprint density at radius 2 is 1.72 bits per heavy atom. The quantitative estimate of drug-likeness (QED) is 0.394. The number of aromatic nitrogens is 2. The van der Waals surface area contributed by atoms with Gasteiger partial charge >= 0.3 is 0 Å². The minimum Gasteiger partial charge on any atom is -0.330 e. The van der Waals surface area contributed by atoms with Crippen molar-refractivity contribution in [2.24, 2.45) is 0 Å². The summed E-state index contributed by atoms with van der Waals surface area (Å²) in [5.74, 6) is 0.0605. The molecule has 1 aliphatic heterocycles. The van der Waals surface area contributed by atoms with Crippen molar-refractivity contribution < 1.29 is 4.79 Å². The second-order valence-corrected chi connectivity index (χ2v) is 11.5. The van der Waals surface area contributed by atoms with Gasteiger partial charge in [-0.25, -0.2) is 4.68 Å². The molecule has 5 heteroatoms. The first-order valence-corrected chi connectivity index (χ1v) is 13.4. The van der Waals surface area contributed by atoms with Crippen molar-refractivity contribution in [3.05, 3.63) is 82.2 Å². The fraction of sp³-hybridized carbons (Fsp3) is 0.484. The maximum Gasteiger partial charge on any atom is 0.254 e. The molecule has 0 spiro atoms. The van der Waals surface area contributed by atoms with Crippen LogP contribution in [0.1, 0.15) is 86.4 Å². The lowest BCUT2D eigenvalue weighted by Gasteiger charge is -2.29. The molecule has 2 heterocycles. The zero-order valence-corrected chi connectivity index (χ0v) is 23.1. The van der Waals surface area contributed by atoms with E-state index in [-0.39, 0.29) is 17.4 Å². The van der Waals surface area contributed by atoms with Crippen LogP contribution < -0.4 is 0 Å². The van der Waals surface area contributed by atoms with Crippen molar-refractivity contribution in [2.45, 2.75) is 85.9 Å². The highest BCUT2D eigenvalue weighted by atomic mass is 16.2. The Bertz CT molecular complexity index is 1180. The van der Waals surface area contributed by atoms with Crippen LogP contribution in [-0.4, -0.2) is 44.6 Å². The zero-order valence-electron chi connectivity index (χ0n) is 23.1. The fourth-order valence-corrected chi connectivity index (χ4v) is 5.00. The lowest BCUT2D eigenvalue weighted by atomic mass is 9.86. The summed E-state index contributed by atoms with van der Waals surface area (Å²) in [6.07, 6.45) is 2.11. The number of benzene rings is 2. The average molecular weight is 487 g/mol. The van der Waals surface area contributed by atoms with Crippen LogP contribution in [0.3, 0.4) is 0 Å². The third-order valence-electron chi connectivity index (χ3n) is 7.24. The van der Waals surface area contributed by atoms with Crippen LogP contribution in [-0.2, 0) is 24.9 Å². The van der Waals surface area contributed by atoms with E-state index in [1.807, 2.05) is 17.0 Å². The Balaban J connectivity index is 1.68. The van der Waals surface area contributed by atoms with Crippen LogP contribution in [0.15, 0.2) is 48.5 Å². The Hall–Kier alpha value is -2.92. The van der Waals surface area contributed by atoms with Crippen molar-refractivity contribution in [1.82, 2.24) is 19.6 Å². The third-order valence-corrected chi connectivity index (χ3v) is 7.24. The molecule has 0 radical (unpaired) electrons. The largest absolute Gasteiger partial charge is 0.330 e. The van der Waals surface area contributed by atoms with Gasteiger partial charge in [0.1, 0.15) is 0 Å². The van der Waals surface area contributed by atoms with E-state index < -0.39 is 0 Å². The second-order valence-electron chi connectivity index (χ2n) is 11.5. The molecular formula is C31H42N4O. The molecular weight excluding hydrogens is 444 g/mol. The van der Waals surface area contributed by atoms with E-state index in [1.54, 1.807) is 0 Å². The fourth-order valence-electron chi connectivity index (χ4n) is 5.00. The van der Waals surface area contributed by atoms with Gasteiger partial charge < -0.3 is 4.90 Å². The minimum absolute atomic E-state index is 0.0605. The van der Waals surface area contributed by atoms with Crippen LogP contribution in [0, 0.1) is 6.92 Å². The van der Waals surface area contributed by atoms with Gasteiger partial charge in [-0.2, -0.15) is 5.10 Å². The number of hydrogen-bond acceptors (Lipinski definition) is 3. The van der Waals surface area contributed by atoms with Crippen molar-refractivity contribution in [3.63, 3.8) is 0 Å². The lowest BCUT2D eigenvalue weighted by Crippen LogP contribution is -2.37. The number of aryl methyl sites for hydroxylation is 1. The zero-order chi connectivity index (χ0) is 26.0. The van der Waals surface area contributed by atoms with Gasteiger partial charge in [-0.1, -0.05) is 57.5 Å². The molecule has 0 atom stereocenters. The number of fused-ring (bicyclic) bond motifs is 1. The predicted molar refractivity (Wildman–Crippen MR) is 148 cm³/mol. The van der Waals surface area contributed by atoms with Gasteiger partial charge in [0, 0.05) is 36.7 Å². The minimum atomic E-state index is 0.0605. The van der Waals surface area contributed by atoms with Crippen LogP contribution >= 0.6 is 0 Å². The Morgan fingerprint density at radius 1 is 1.06 bits per heavy atom. The summed E-state index contributed by atoms with van der Waals surface area (Å²) in [7, 11) is 0. The highest BCUT2D eigenvalue weighted by Crippen LogP contribution is 2.28. The van der Waals surface area contributed by atoms with Gasteiger partial charge in [0.2, 0.25) is 0 Å². The van der Waals surface area contributed by atoms with Crippen LogP contribution in [0.25, 0.3) is 5.69 Å². The molecule has 0 saturated heterocycles. The summed E-state index contributed by atoms with van der Waals surface area (Å²) in [5, 5.41) is 5.13. The van der Waals surface area contributed by atoms with Gasteiger partial charge in [0.15, 0.2) is 0 Å². The highest BCUT2D eigenvalue weighted by Gasteiger charge is 2.28. The molecule has 36 heavy (non-hydrogen) atoms. The van der Waals surface area contributed by atoms with E-state index in [1.165, 1.54) is 22.4 Å². The summed E-state index contributed by atoms with van der Waals surface area (Å²) >= 11 is 0. The van der Waals surface area contributed by atoms with Gasteiger partial charge in [0.25, 0.3) is 5.91 Å². The molecule has 4 rings (SSSR count). The summed E-state index contributed by atoms with van der Waals surface area (Å²) in [6, 6.07) is 16.8. The van der Waals surface area contributed by atoms with Crippen molar-refractivity contribution in [2.75, 3.05) is 13.1 Å². The number of carbonyl (C=O) groups excluding carboxylic acids is 1. The van der Waals surface area contributed by atoms with E-state index in [9.17, 15) is 4.79 Å². The Labute approximate surface area is 217 Å². The number of rotatable bonds is 7. The van der Waals surface area contributed by atoms with Gasteiger partial charge in [-0.05, 0) is 69.0 Å². The van der Waals surface area contributed by atoms with Gasteiger partial charge in [-0.15, -0.1) is 0 Å². The summed E-state index contributed by atoms with van der Waals surface area (Å²) in [6.45, 7) is 18.6.